The standard InChI is InChI=1S/C17H27ClN2O3/c1-12(2)9-15(20-17(21)11-19-7-8-22-3)14-10-13(18)5-6-16(14)23-4/h5-6,10,12,15,19H,7-9,11H2,1-4H3,(H,20,21). The molecule has 1 unspecified atom stereocenters. The molecule has 0 aliphatic rings. The summed E-state index contributed by atoms with van der Waals surface area (Å²) in [5, 5.41) is 6.73. The summed E-state index contributed by atoms with van der Waals surface area (Å²) in [6.45, 7) is 5.70. The van der Waals surface area contributed by atoms with Gasteiger partial charge >= 0.3 is 0 Å². The van der Waals surface area contributed by atoms with Crippen LogP contribution in [0.15, 0.2) is 18.2 Å². The lowest BCUT2D eigenvalue weighted by Crippen LogP contribution is -2.37. The first kappa shape index (κ1) is 19.7. The Bertz CT molecular complexity index is 495. The fraction of sp³-hybridized carbons (Fsp3) is 0.588. The Labute approximate surface area is 143 Å². The van der Waals surface area contributed by atoms with Crippen molar-refractivity contribution < 1.29 is 14.3 Å². The van der Waals surface area contributed by atoms with Crippen LogP contribution in [0.25, 0.3) is 0 Å². The van der Waals surface area contributed by atoms with E-state index in [4.69, 9.17) is 21.1 Å². The molecule has 0 saturated carbocycles. The van der Waals surface area contributed by atoms with Crippen molar-refractivity contribution in [1.29, 1.82) is 0 Å². The number of methoxy groups -OCH3 is 2. The minimum absolute atomic E-state index is 0.0613. The largest absolute Gasteiger partial charge is 0.496 e. The Morgan fingerprint density at radius 2 is 2.04 bits per heavy atom. The maximum atomic E-state index is 12.2. The monoisotopic (exact) mass is 342 g/mol. The number of amides is 1. The van der Waals surface area contributed by atoms with E-state index in [1.165, 1.54) is 0 Å². The summed E-state index contributed by atoms with van der Waals surface area (Å²) in [5.41, 5.74) is 0.902. The molecular formula is C17H27ClN2O3. The average Bonchev–Trinajstić information content (AvgIpc) is 2.50. The average molecular weight is 343 g/mol. The van der Waals surface area contributed by atoms with E-state index in [1.54, 1.807) is 20.3 Å². The second-order valence-electron chi connectivity index (χ2n) is 5.81. The first-order valence-electron chi connectivity index (χ1n) is 7.80. The second-order valence-corrected chi connectivity index (χ2v) is 6.24. The zero-order valence-electron chi connectivity index (χ0n) is 14.3. The van der Waals surface area contributed by atoms with Gasteiger partial charge in [0, 0.05) is 24.2 Å². The maximum Gasteiger partial charge on any atom is 0.234 e. The van der Waals surface area contributed by atoms with Crippen LogP contribution >= 0.6 is 11.6 Å². The Balaban J connectivity index is 2.80. The summed E-state index contributed by atoms with van der Waals surface area (Å²) in [4.78, 5) is 12.2. The number of halogens is 1. The van der Waals surface area contributed by atoms with Crippen LogP contribution in [0.2, 0.25) is 5.02 Å². The van der Waals surface area contributed by atoms with E-state index in [0.717, 1.165) is 17.7 Å². The van der Waals surface area contributed by atoms with E-state index < -0.39 is 0 Å². The molecule has 1 amide bonds. The molecule has 1 aromatic carbocycles. The Hall–Kier alpha value is -1.30. The molecule has 0 aliphatic heterocycles. The number of carbonyl (C=O) groups excluding carboxylic acids is 1. The number of ether oxygens (including phenoxy) is 2. The minimum Gasteiger partial charge on any atom is -0.496 e. The maximum absolute atomic E-state index is 12.2. The number of hydrogen-bond acceptors (Lipinski definition) is 4. The third-order valence-electron chi connectivity index (χ3n) is 3.38. The molecule has 23 heavy (non-hydrogen) atoms. The van der Waals surface area contributed by atoms with Crippen LogP contribution in [0, 0.1) is 5.92 Å². The molecular weight excluding hydrogens is 316 g/mol. The number of hydrogen-bond donors (Lipinski definition) is 2. The lowest BCUT2D eigenvalue weighted by Gasteiger charge is -2.23. The van der Waals surface area contributed by atoms with Crippen molar-refractivity contribution in [2.24, 2.45) is 5.92 Å². The van der Waals surface area contributed by atoms with E-state index >= 15 is 0 Å². The summed E-state index contributed by atoms with van der Waals surface area (Å²) < 4.78 is 10.4. The number of nitrogens with one attached hydrogen (secondary N) is 2. The predicted molar refractivity (Wildman–Crippen MR) is 93.1 cm³/mol. The van der Waals surface area contributed by atoms with E-state index in [9.17, 15) is 4.79 Å². The fourth-order valence-electron chi connectivity index (χ4n) is 2.33. The van der Waals surface area contributed by atoms with Crippen LogP contribution in [0.4, 0.5) is 0 Å². The summed E-state index contributed by atoms with van der Waals surface area (Å²) in [6, 6.07) is 5.32. The van der Waals surface area contributed by atoms with Crippen molar-refractivity contribution in [1.82, 2.24) is 10.6 Å². The van der Waals surface area contributed by atoms with Gasteiger partial charge in [-0.05, 0) is 30.5 Å². The highest BCUT2D eigenvalue weighted by Crippen LogP contribution is 2.31. The normalized spacial score (nSPS) is 12.3. The molecule has 0 saturated heterocycles. The first-order valence-corrected chi connectivity index (χ1v) is 8.18. The van der Waals surface area contributed by atoms with Crippen molar-refractivity contribution in [2.75, 3.05) is 33.9 Å². The molecule has 2 N–H and O–H groups in total. The topological polar surface area (TPSA) is 59.6 Å². The SMILES string of the molecule is COCCNCC(=O)NC(CC(C)C)c1cc(Cl)ccc1OC. The molecule has 6 heteroatoms. The van der Waals surface area contributed by atoms with Crippen molar-refractivity contribution in [3.63, 3.8) is 0 Å². The molecule has 0 heterocycles. The van der Waals surface area contributed by atoms with Crippen molar-refractivity contribution in [2.45, 2.75) is 26.3 Å². The smallest absolute Gasteiger partial charge is 0.234 e. The molecule has 0 aliphatic carbocycles. The Kier molecular flexibility index (Phi) is 8.99. The molecule has 0 aromatic heterocycles. The number of rotatable bonds is 10. The molecule has 0 bridgehead atoms. The summed E-state index contributed by atoms with van der Waals surface area (Å²) in [6.07, 6.45) is 0.806. The van der Waals surface area contributed by atoms with Gasteiger partial charge in [-0.3, -0.25) is 4.79 Å². The van der Waals surface area contributed by atoms with Crippen LogP contribution < -0.4 is 15.4 Å². The zero-order valence-corrected chi connectivity index (χ0v) is 15.1. The third kappa shape index (κ3) is 7.20. The van der Waals surface area contributed by atoms with E-state index in [0.29, 0.717) is 24.1 Å². The van der Waals surface area contributed by atoms with Crippen molar-refractivity contribution in [3.05, 3.63) is 28.8 Å². The van der Waals surface area contributed by atoms with Crippen LogP contribution in [0.5, 0.6) is 5.75 Å². The first-order chi connectivity index (χ1) is 11.0. The second kappa shape index (κ2) is 10.5. The minimum atomic E-state index is -0.139. The van der Waals surface area contributed by atoms with Gasteiger partial charge < -0.3 is 20.1 Å². The van der Waals surface area contributed by atoms with Gasteiger partial charge in [-0.1, -0.05) is 25.4 Å². The van der Waals surface area contributed by atoms with Gasteiger partial charge in [0.1, 0.15) is 5.75 Å². The Morgan fingerprint density at radius 3 is 2.65 bits per heavy atom. The van der Waals surface area contributed by atoms with Gasteiger partial charge in [0.25, 0.3) is 0 Å². The molecule has 1 aromatic rings. The summed E-state index contributed by atoms with van der Waals surface area (Å²) >= 11 is 6.11. The molecule has 5 nitrogen and oxygen atoms in total. The quantitative estimate of drug-likeness (QED) is 0.642. The van der Waals surface area contributed by atoms with Gasteiger partial charge in [-0.25, -0.2) is 0 Å². The van der Waals surface area contributed by atoms with E-state index in [-0.39, 0.29) is 18.5 Å². The Morgan fingerprint density at radius 1 is 1.30 bits per heavy atom. The molecule has 0 radical (unpaired) electrons. The summed E-state index contributed by atoms with van der Waals surface area (Å²) in [7, 11) is 3.25. The van der Waals surface area contributed by atoms with Gasteiger partial charge in [-0.2, -0.15) is 0 Å². The lowest BCUT2D eigenvalue weighted by atomic mass is 9.96. The molecule has 1 atom stereocenters. The molecule has 130 valence electrons. The van der Waals surface area contributed by atoms with E-state index in [1.807, 2.05) is 12.1 Å². The van der Waals surface area contributed by atoms with Crippen molar-refractivity contribution in [3.8, 4) is 5.75 Å². The molecule has 0 spiro atoms. The highest BCUT2D eigenvalue weighted by molar-refractivity contribution is 6.30. The van der Waals surface area contributed by atoms with Gasteiger partial charge in [0.05, 0.1) is 26.3 Å². The van der Waals surface area contributed by atoms with Crippen molar-refractivity contribution >= 4 is 17.5 Å². The zero-order chi connectivity index (χ0) is 17.2. The van der Waals surface area contributed by atoms with Crippen LogP contribution in [-0.2, 0) is 9.53 Å². The highest BCUT2D eigenvalue weighted by atomic mass is 35.5. The molecule has 1 rings (SSSR count). The van der Waals surface area contributed by atoms with Gasteiger partial charge in [0.2, 0.25) is 5.91 Å². The highest BCUT2D eigenvalue weighted by Gasteiger charge is 2.20. The molecule has 0 fully saturated rings. The van der Waals surface area contributed by atoms with Crippen LogP contribution in [0.3, 0.4) is 0 Å². The fourth-order valence-corrected chi connectivity index (χ4v) is 2.51. The number of carbonyl (C=O) groups is 1. The summed E-state index contributed by atoms with van der Waals surface area (Å²) in [5.74, 6) is 1.09. The van der Waals surface area contributed by atoms with Crippen LogP contribution in [-0.4, -0.2) is 39.8 Å². The van der Waals surface area contributed by atoms with Gasteiger partial charge in [-0.15, -0.1) is 0 Å². The van der Waals surface area contributed by atoms with E-state index in [2.05, 4.69) is 24.5 Å². The third-order valence-corrected chi connectivity index (χ3v) is 3.61. The number of benzene rings is 1. The predicted octanol–water partition coefficient (Wildman–Crippen LogP) is 2.79. The van der Waals surface area contributed by atoms with Gasteiger partial charge in [0.15, 0.2) is 0 Å². The van der Waals surface area contributed by atoms with Crippen LogP contribution in [0.1, 0.15) is 31.9 Å². The lowest BCUT2D eigenvalue weighted by molar-refractivity contribution is -0.121.